The number of aromatic nitrogens is 2. The number of hydrogen-bond acceptors (Lipinski definition) is 0. The Balaban J connectivity index is 0.914. The van der Waals surface area contributed by atoms with Crippen molar-refractivity contribution in [3.63, 3.8) is 0 Å². The normalized spacial score (nSPS) is 13.0. The summed E-state index contributed by atoms with van der Waals surface area (Å²) in [5.41, 5.74) is 12.7. The van der Waals surface area contributed by atoms with Crippen LogP contribution in [0.4, 0.5) is 0 Å². The van der Waals surface area contributed by atoms with Crippen molar-refractivity contribution in [2.75, 3.05) is 0 Å². The van der Waals surface area contributed by atoms with E-state index in [1.54, 1.807) is 0 Å². The fourth-order valence-corrected chi connectivity index (χ4v) is 9.93. The smallest absolute Gasteiger partial charge is 0.0491 e. The molecule has 0 saturated carbocycles. The van der Waals surface area contributed by atoms with Crippen molar-refractivity contribution in [3.8, 4) is 35.8 Å². The maximum atomic E-state index is 6.03. The lowest BCUT2D eigenvalue weighted by atomic mass is 9.70. The predicted octanol–water partition coefficient (Wildman–Crippen LogP) is 13.4. The van der Waals surface area contributed by atoms with E-state index < -0.39 is 0 Å². The number of nitrogens with zero attached hydrogens (tertiary/aromatic N) is 2. The second-order valence-corrected chi connectivity index (χ2v) is 15.6. The Labute approximate surface area is 325 Å². The monoisotopic (exact) mass is 712 g/mol. The number of rotatable bonds is 14. The Bertz CT molecular complexity index is 2460. The van der Waals surface area contributed by atoms with Crippen LogP contribution in [0, 0.1) is 24.7 Å². The van der Waals surface area contributed by atoms with Crippen LogP contribution in [0.1, 0.15) is 86.5 Å². The van der Waals surface area contributed by atoms with E-state index in [4.69, 9.17) is 12.8 Å². The van der Waals surface area contributed by atoms with Gasteiger partial charge in [-0.15, -0.1) is 12.8 Å². The molecule has 2 heteroatoms. The summed E-state index contributed by atoms with van der Waals surface area (Å²) in [6.07, 6.45) is 23.7. The van der Waals surface area contributed by atoms with E-state index in [0.29, 0.717) is 0 Å². The molecule has 0 unspecified atom stereocenters. The summed E-state index contributed by atoms with van der Waals surface area (Å²) in [7, 11) is 0. The maximum Gasteiger partial charge on any atom is 0.0491 e. The topological polar surface area (TPSA) is 9.86 Å². The van der Waals surface area contributed by atoms with Gasteiger partial charge in [-0.1, -0.05) is 135 Å². The van der Waals surface area contributed by atoms with E-state index in [1.807, 2.05) is 0 Å². The highest BCUT2D eigenvalue weighted by atomic mass is 15.0. The Morgan fingerprint density at radius 3 is 1.11 bits per heavy atom. The highest BCUT2D eigenvalue weighted by Gasteiger charge is 2.42. The summed E-state index contributed by atoms with van der Waals surface area (Å²) in [6, 6.07) is 48.8. The van der Waals surface area contributed by atoms with Gasteiger partial charge in [0.2, 0.25) is 0 Å². The summed E-state index contributed by atoms with van der Waals surface area (Å²) < 4.78 is 5.05. The van der Waals surface area contributed by atoms with Gasteiger partial charge in [-0.25, -0.2) is 0 Å². The molecule has 0 amide bonds. The molecule has 0 fully saturated rings. The molecule has 0 saturated heterocycles. The standard InChI is InChI=1S/C53H48N2/c1-3-39-29-31-41-42-32-30-40(4-2)38-48(42)53(47(41)37-39,33-17-5-7-19-35-54-49-25-13-9-21-43(49)44-22-10-14-26-50(44)54)34-18-6-8-20-36-55-51-27-15-11-23-45(51)46-24-12-16-28-52(46)55/h1-2,9-16,21-32,37-38H,5-8,17-20,33-36H2. The summed E-state index contributed by atoms with van der Waals surface area (Å²) in [5, 5.41) is 5.40. The second kappa shape index (κ2) is 15.1. The quantitative estimate of drug-likeness (QED) is 0.0785. The zero-order chi connectivity index (χ0) is 37.2. The largest absolute Gasteiger partial charge is 0.340 e. The lowest BCUT2D eigenvalue weighted by Gasteiger charge is -2.33. The third-order valence-electron chi connectivity index (χ3n) is 12.5. The van der Waals surface area contributed by atoms with Gasteiger partial charge < -0.3 is 9.13 Å². The van der Waals surface area contributed by atoms with Crippen molar-refractivity contribution in [2.24, 2.45) is 0 Å². The molecule has 6 aromatic carbocycles. The van der Waals surface area contributed by atoms with Crippen LogP contribution in [0.15, 0.2) is 133 Å². The average Bonchev–Trinajstić information content (AvgIpc) is 3.83. The molecular formula is C53H48N2. The van der Waals surface area contributed by atoms with Gasteiger partial charge in [0.25, 0.3) is 0 Å². The van der Waals surface area contributed by atoms with Gasteiger partial charge in [-0.05, 0) is 96.5 Å². The lowest BCUT2D eigenvalue weighted by Crippen LogP contribution is -2.26. The number of terminal acetylenes is 2. The van der Waals surface area contributed by atoms with Crippen LogP contribution >= 0.6 is 0 Å². The first kappa shape index (κ1) is 34.8. The Kier molecular flexibility index (Phi) is 9.52. The minimum absolute atomic E-state index is 0.0932. The molecule has 0 bridgehead atoms. The lowest BCUT2D eigenvalue weighted by molar-refractivity contribution is 0.396. The number of hydrogen-bond donors (Lipinski definition) is 0. The third-order valence-corrected chi connectivity index (χ3v) is 12.5. The van der Waals surface area contributed by atoms with Crippen LogP contribution in [0.3, 0.4) is 0 Å². The molecule has 0 radical (unpaired) electrons. The van der Waals surface area contributed by atoms with Gasteiger partial charge in [-0.3, -0.25) is 0 Å². The number of fused-ring (bicyclic) bond motifs is 9. The van der Waals surface area contributed by atoms with Gasteiger partial charge in [0.05, 0.1) is 0 Å². The molecule has 8 aromatic rings. The third kappa shape index (κ3) is 6.21. The molecule has 2 aromatic heterocycles. The van der Waals surface area contributed by atoms with E-state index in [2.05, 4.69) is 154 Å². The van der Waals surface area contributed by atoms with Crippen molar-refractivity contribution >= 4 is 43.6 Å². The van der Waals surface area contributed by atoms with E-state index in [9.17, 15) is 0 Å². The fourth-order valence-electron chi connectivity index (χ4n) is 9.93. The Morgan fingerprint density at radius 2 is 0.745 bits per heavy atom. The van der Waals surface area contributed by atoms with Crippen LogP contribution in [-0.4, -0.2) is 9.13 Å². The number of unbranched alkanes of at least 4 members (excludes halogenated alkanes) is 6. The Morgan fingerprint density at radius 1 is 0.400 bits per heavy atom. The summed E-state index contributed by atoms with van der Waals surface area (Å²) in [5.74, 6) is 5.90. The Hall–Kier alpha value is -5.96. The van der Waals surface area contributed by atoms with Gasteiger partial charge in [0.1, 0.15) is 0 Å². The van der Waals surface area contributed by atoms with Crippen LogP contribution in [0.5, 0.6) is 0 Å². The first-order valence-electron chi connectivity index (χ1n) is 20.3. The average molecular weight is 713 g/mol. The predicted molar refractivity (Wildman–Crippen MR) is 234 cm³/mol. The van der Waals surface area contributed by atoms with Crippen LogP contribution in [-0.2, 0) is 18.5 Å². The highest BCUT2D eigenvalue weighted by molar-refractivity contribution is 6.08. The zero-order valence-electron chi connectivity index (χ0n) is 31.7. The number of para-hydroxylation sites is 4. The molecule has 1 aliphatic rings. The zero-order valence-corrected chi connectivity index (χ0v) is 31.7. The fraction of sp³-hybridized carbons (Fsp3) is 0.245. The van der Waals surface area contributed by atoms with Gasteiger partial charge >= 0.3 is 0 Å². The maximum absolute atomic E-state index is 6.03. The summed E-state index contributed by atoms with van der Waals surface area (Å²) >= 11 is 0. The number of benzene rings is 6. The summed E-state index contributed by atoms with van der Waals surface area (Å²) in [4.78, 5) is 0. The molecule has 0 aliphatic heterocycles. The number of aryl methyl sites for hydroxylation is 2. The molecule has 2 heterocycles. The SMILES string of the molecule is C#Cc1ccc2c(c1)C(CCCCCCn1c3ccccc3c3ccccc31)(CCCCCCn1c3ccccc3c3ccccc31)c1cc(C#C)ccc1-2. The molecule has 0 spiro atoms. The molecule has 55 heavy (non-hydrogen) atoms. The van der Waals surface area contributed by atoms with Crippen molar-refractivity contribution in [2.45, 2.75) is 82.7 Å². The molecule has 9 rings (SSSR count). The minimum atomic E-state index is -0.0932. The molecular weight excluding hydrogens is 665 g/mol. The first-order valence-corrected chi connectivity index (χ1v) is 20.3. The van der Waals surface area contributed by atoms with Gasteiger partial charge in [-0.2, -0.15) is 0 Å². The molecule has 2 nitrogen and oxygen atoms in total. The highest BCUT2D eigenvalue weighted by Crippen LogP contribution is 2.54. The van der Waals surface area contributed by atoms with E-state index >= 15 is 0 Å². The van der Waals surface area contributed by atoms with E-state index in [1.165, 1.54) is 104 Å². The second-order valence-electron chi connectivity index (χ2n) is 15.6. The van der Waals surface area contributed by atoms with Crippen LogP contribution < -0.4 is 0 Å². The van der Waals surface area contributed by atoms with Crippen molar-refractivity contribution < 1.29 is 0 Å². The van der Waals surface area contributed by atoms with Crippen molar-refractivity contribution in [1.29, 1.82) is 0 Å². The van der Waals surface area contributed by atoms with Crippen LogP contribution in [0.25, 0.3) is 54.7 Å². The van der Waals surface area contributed by atoms with Crippen molar-refractivity contribution in [3.05, 3.63) is 156 Å². The van der Waals surface area contributed by atoms with Crippen LogP contribution in [0.2, 0.25) is 0 Å². The molecule has 1 aliphatic carbocycles. The molecule has 0 N–H and O–H groups in total. The van der Waals surface area contributed by atoms with E-state index in [0.717, 1.165) is 49.9 Å². The van der Waals surface area contributed by atoms with Gasteiger partial charge in [0, 0.05) is 73.2 Å². The minimum Gasteiger partial charge on any atom is -0.340 e. The molecule has 0 atom stereocenters. The van der Waals surface area contributed by atoms with Crippen molar-refractivity contribution in [1.82, 2.24) is 9.13 Å². The first-order chi connectivity index (χ1) is 27.2. The van der Waals surface area contributed by atoms with Gasteiger partial charge in [0.15, 0.2) is 0 Å². The molecule has 270 valence electrons. The summed E-state index contributed by atoms with van der Waals surface area (Å²) in [6.45, 7) is 2.08. The van der Waals surface area contributed by atoms with E-state index in [-0.39, 0.29) is 5.41 Å².